The Labute approximate surface area is 105 Å². The minimum Gasteiger partial charge on any atom is -0.341 e. The molecule has 17 heavy (non-hydrogen) atoms. The summed E-state index contributed by atoms with van der Waals surface area (Å²) in [6, 6.07) is 0. The molecule has 100 valence electrons. The summed E-state index contributed by atoms with van der Waals surface area (Å²) in [4.78, 5) is 13.5. The van der Waals surface area contributed by atoms with Gasteiger partial charge in [-0.2, -0.15) is 4.21 Å². The maximum Gasteiger partial charge on any atom is 0.305 e. The zero-order valence-electron chi connectivity index (χ0n) is 10.4. The van der Waals surface area contributed by atoms with E-state index in [1.165, 1.54) is 12.8 Å². The Morgan fingerprint density at radius 1 is 1.18 bits per heavy atom. The van der Waals surface area contributed by atoms with E-state index < -0.39 is 11.4 Å². The van der Waals surface area contributed by atoms with Crippen LogP contribution >= 0.6 is 0 Å². The van der Waals surface area contributed by atoms with Gasteiger partial charge < -0.3 is 4.90 Å². The largest absolute Gasteiger partial charge is 0.341 e. The molecule has 1 fully saturated rings. The summed E-state index contributed by atoms with van der Waals surface area (Å²) < 4.78 is 20.8. The predicted octanol–water partition coefficient (Wildman–Crippen LogP) is 1.41. The van der Waals surface area contributed by atoms with Crippen LogP contribution in [0.15, 0.2) is 0 Å². The molecule has 1 atom stereocenters. The quantitative estimate of drug-likeness (QED) is 0.727. The fourth-order valence-corrected chi connectivity index (χ4v) is 2.26. The number of carbonyl (C=O) groups excluding carboxylic acids is 1. The smallest absolute Gasteiger partial charge is 0.305 e. The van der Waals surface area contributed by atoms with Crippen molar-refractivity contribution in [1.29, 1.82) is 0 Å². The molecule has 0 aromatic heterocycles. The molecular formula is C11H21NO4S. The zero-order valence-corrected chi connectivity index (χ0v) is 11.2. The molecule has 1 aliphatic heterocycles. The van der Waals surface area contributed by atoms with Crippen LogP contribution in [0.4, 0.5) is 0 Å². The molecule has 0 aromatic carbocycles. The molecule has 1 unspecified atom stereocenters. The molecule has 0 radical (unpaired) electrons. The van der Waals surface area contributed by atoms with Crippen LogP contribution < -0.4 is 0 Å². The molecule has 1 rings (SSSR count). The Bertz CT molecular complexity index is 252. The van der Waals surface area contributed by atoms with Crippen LogP contribution in [-0.2, 0) is 24.5 Å². The van der Waals surface area contributed by atoms with E-state index in [9.17, 15) is 9.00 Å². The van der Waals surface area contributed by atoms with E-state index in [-0.39, 0.29) is 12.5 Å². The summed E-state index contributed by atoms with van der Waals surface area (Å²) in [5, 5.41) is 0. The van der Waals surface area contributed by atoms with Gasteiger partial charge in [-0.25, -0.2) is 0 Å². The van der Waals surface area contributed by atoms with Crippen molar-refractivity contribution in [2.24, 2.45) is 0 Å². The summed E-state index contributed by atoms with van der Waals surface area (Å²) in [5.74, 6) is -0.0969. The van der Waals surface area contributed by atoms with Crippen LogP contribution in [0.2, 0.25) is 0 Å². The molecule has 1 amide bonds. The lowest BCUT2D eigenvalue weighted by molar-refractivity contribution is -0.133. The highest BCUT2D eigenvalue weighted by molar-refractivity contribution is 7.75. The average molecular weight is 263 g/mol. The van der Waals surface area contributed by atoms with Crippen LogP contribution in [0.5, 0.6) is 0 Å². The predicted molar refractivity (Wildman–Crippen MR) is 65.4 cm³/mol. The summed E-state index contributed by atoms with van der Waals surface area (Å²) in [5.41, 5.74) is 0. The number of hydrogen-bond acceptors (Lipinski definition) is 4. The average Bonchev–Trinajstić information content (AvgIpc) is 2.62. The van der Waals surface area contributed by atoms with Crippen molar-refractivity contribution in [3.05, 3.63) is 0 Å². The highest BCUT2D eigenvalue weighted by Gasteiger charge is 2.16. The Morgan fingerprint density at radius 3 is 2.41 bits per heavy atom. The molecule has 0 aromatic rings. The lowest BCUT2D eigenvalue weighted by atomic mass is 10.2. The Kier molecular flexibility index (Phi) is 7.39. The van der Waals surface area contributed by atoms with Crippen LogP contribution in [0.1, 0.15) is 39.0 Å². The van der Waals surface area contributed by atoms with Crippen molar-refractivity contribution in [3.8, 4) is 0 Å². The molecule has 5 nitrogen and oxygen atoms in total. The fourth-order valence-electron chi connectivity index (χ4n) is 1.70. The first-order valence-corrected chi connectivity index (χ1v) is 7.20. The van der Waals surface area contributed by atoms with E-state index in [0.29, 0.717) is 6.61 Å². The Hall–Kier alpha value is -0.460. The summed E-state index contributed by atoms with van der Waals surface area (Å²) >= 11 is -1.80. The number of amides is 1. The van der Waals surface area contributed by atoms with Gasteiger partial charge in [0.1, 0.15) is 6.61 Å². The maximum atomic E-state index is 11.7. The molecule has 1 aliphatic rings. The van der Waals surface area contributed by atoms with Crippen LogP contribution in [-0.4, -0.2) is 41.3 Å². The first kappa shape index (κ1) is 14.6. The maximum absolute atomic E-state index is 11.7. The van der Waals surface area contributed by atoms with Crippen LogP contribution in [0.25, 0.3) is 0 Å². The van der Waals surface area contributed by atoms with Crippen molar-refractivity contribution in [1.82, 2.24) is 4.90 Å². The number of hydrogen-bond donors (Lipinski definition) is 0. The van der Waals surface area contributed by atoms with Crippen LogP contribution in [0, 0.1) is 0 Å². The summed E-state index contributed by atoms with van der Waals surface area (Å²) in [7, 11) is 0. The number of likely N-dealkylation sites (tertiary alicyclic amines) is 1. The van der Waals surface area contributed by atoms with E-state index in [0.717, 1.165) is 32.4 Å². The topological polar surface area (TPSA) is 55.8 Å². The van der Waals surface area contributed by atoms with Gasteiger partial charge >= 0.3 is 11.4 Å². The standard InChI is InChI=1S/C11H21NO4S/c1-2-9-15-17(14)16-10-11(13)12-7-5-3-4-6-8-12/h2-10H2,1H3. The lowest BCUT2D eigenvalue weighted by Crippen LogP contribution is -2.35. The second-order valence-electron chi connectivity index (χ2n) is 4.08. The van der Waals surface area contributed by atoms with E-state index in [1.807, 2.05) is 6.92 Å². The van der Waals surface area contributed by atoms with Crippen molar-refractivity contribution < 1.29 is 17.4 Å². The van der Waals surface area contributed by atoms with Crippen molar-refractivity contribution in [3.63, 3.8) is 0 Å². The van der Waals surface area contributed by atoms with Gasteiger partial charge in [-0.15, -0.1) is 0 Å². The van der Waals surface area contributed by atoms with Crippen LogP contribution in [0.3, 0.4) is 0 Å². The second-order valence-corrected chi connectivity index (χ2v) is 4.96. The van der Waals surface area contributed by atoms with Crippen molar-refractivity contribution in [2.75, 3.05) is 26.3 Å². The number of nitrogens with zero attached hydrogens (tertiary/aromatic N) is 1. The first-order chi connectivity index (χ1) is 8.24. The van der Waals surface area contributed by atoms with Gasteiger partial charge in [0.25, 0.3) is 0 Å². The zero-order chi connectivity index (χ0) is 12.5. The third-order valence-electron chi connectivity index (χ3n) is 2.62. The van der Waals surface area contributed by atoms with Crippen molar-refractivity contribution >= 4 is 17.3 Å². The lowest BCUT2D eigenvalue weighted by Gasteiger charge is -2.19. The molecule has 0 saturated carbocycles. The third kappa shape index (κ3) is 6.14. The number of rotatable bonds is 6. The normalized spacial score (nSPS) is 18.8. The minimum absolute atomic E-state index is 0.0969. The fraction of sp³-hybridized carbons (Fsp3) is 0.909. The summed E-state index contributed by atoms with van der Waals surface area (Å²) in [6.07, 6.45) is 5.21. The van der Waals surface area contributed by atoms with E-state index >= 15 is 0 Å². The van der Waals surface area contributed by atoms with Crippen molar-refractivity contribution in [2.45, 2.75) is 39.0 Å². The minimum atomic E-state index is -1.80. The Balaban J connectivity index is 2.21. The Morgan fingerprint density at radius 2 is 1.82 bits per heavy atom. The summed E-state index contributed by atoms with van der Waals surface area (Å²) in [6.45, 7) is 3.70. The monoisotopic (exact) mass is 263 g/mol. The van der Waals surface area contributed by atoms with Gasteiger partial charge in [0.15, 0.2) is 0 Å². The first-order valence-electron chi connectivity index (χ1n) is 6.20. The van der Waals surface area contributed by atoms with Gasteiger partial charge in [0.2, 0.25) is 5.91 Å². The molecule has 1 heterocycles. The van der Waals surface area contributed by atoms with E-state index in [2.05, 4.69) is 0 Å². The van der Waals surface area contributed by atoms with Gasteiger partial charge in [0.05, 0.1) is 6.61 Å². The molecule has 0 aliphatic carbocycles. The van der Waals surface area contributed by atoms with Gasteiger partial charge in [-0.1, -0.05) is 19.8 Å². The highest BCUT2D eigenvalue weighted by Crippen LogP contribution is 2.09. The van der Waals surface area contributed by atoms with Gasteiger partial charge in [0, 0.05) is 13.1 Å². The number of carbonyl (C=O) groups is 1. The molecule has 0 N–H and O–H groups in total. The highest BCUT2D eigenvalue weighted by atomic mass is 32.2. The third-order valence-corrected chi connectivity index (χ3v) is 3.29. The SMILES string of the molecule is CCCOS(=O)OCC(=O)N1CCCCCC1. The molecule has 1 saturated heterocycles. The molecule has 0 spiro atoms. The van der Waals surface area contributed by atoms with E-state index in [1.54, 1.807) is 4.90 Å². The van der Waals surface area contributed by atoms with Gasteiger partial charge in [-0.05, 0) is 19.3 Å². The van der Waals surface area contributed by atoms with E-state index in [4.69, 9.17) is 8.37 Å². The molecule has 6 heteroatoms. The second kappa shape index (κ2) is 8.60. The van der Waals surface area contributed by atoms with Gasteiger partial charge in [-0.3, -0.25) is 13.2 Å². The molecule has 0 bridgehead atoms. The molecular weight excluding hydrogens is 242 g/mol.